The third-order valence-electron chi connectivity index (χ3n) is 3.92. The van der Waals surface area contributed by atoms with Crippen molar-refractivity contribution in [2.45, 2.75) is 32.8 Å². The van der Waals surface area contributed by atoms with Crippen molar-refractivity contribution in [3.05, 3.63) is 33.8 Å². The molecule has 2 atom stereocenters. The van der Waals surface area contributed by atoms with Crippen molar-refractivity contribution in [1.29, 1.82) is 0 Å². The Morgan fingerprint density at radius 2 is 2.26 bits per heavy atom. The van der Waals surface area contributed by atoms with Crippen molar-refractivity contribution in [2.75, 3.05) is 13.1 Å². The molecule has 0 spiro atoms. The van der Waals surface area contributed by atoms with Gasteiger partial charge in [-0.3, -0.25) is 4.79 Å². The highest BCUT2D eigenvalue weighted by molar-refractivity contribution is 9.10. The number of carbonyl (C=O) groups is 1. The highest BCUT2D eigenvalue weighted by Gasteiger charge is 2.27. The van der Waals surface area contributed by atoms with E-state index in [1.54, 1.807) is 4.90 Å². The molecule has 1 saturated heterocycles. The molecule has 0 aliphatic carbocycles. The van der Waals surface area contributed by atoms with Crippen LogP contribution in [0.15, 0.2) is 22.7 Å². The van der Waals surface area contributed by atoms with Crippen LogP contribution >= 0.6 is 15.9 Å². The van der Waals surface area contributed by atoms with Crippen LogP contribution in [0.1, 0.15) is 24.5 Å². The maximum absolute atomic E-state index is 12.3. The Hall–Kier alpha value is -0.870. The minimum atomic E-state index is -0.385. The third kappa shape index (κ3) is 3.57. The molecule has 1 fully saturated rings. The monoisotopic (exact) mass is 325 g/mol. The lowest BCUT2D eigenvalue weighted by Gasteiger charge is -2.34. The number of halogens is 1. The number of likely N-dealkylation sites (tertiary alicyclic amines) is 1. The van der Waals surface area contributed by atoms with Gasteiger partial charge in [-0.2, -0.15) is 0 Å². The van der Waals surface area contributed by atoms with E-state index >= 15 is 0 Å². The number of benzene rings is 1. The number of β-amino-alcohol motifs (C(OH)–C–C–N with tert-alkyl or cyclic N) is 1. The molecule has 0 radical (unpaired) electrons. The second-order valence-corrected chi connectivity index (χ2v) is 6.34. The zero-order valence-electron chi connectivity index (χ0n) is 11.4. The Bertz CT molecular complexity index is 475. The van der Waals surface area contributed by atoms with Crippen molar-refractivity contribution < 1.29 is 9.90 Å². The van der Waals surface area contributed by atoms with Gasteiger partial charge in [0, 0.05) is 17.6 Å². The van der Waals surface area contributed by atoms with E-state index < -0.39 is 0 Å². The van der Waals surface area contributed by atoms with E-state index in [1.807, 2.05) is 32.0 Å². The normalized spacial score (nSPS) is 23.5. The maximum atomic E-state index is 12.3. The molecule has 4 heteroatoms. The summed E-state index contributed by atoms with van der Waals surface area (Å²) in [5.41, 5.74) is 2.18. The number of aliphatic hydroxyl groups excluding tert-OH is 1. The van der Waals surface area contributed by atoms with Gasteiger partial charge in [-0.15, -0.1) is 0 Å². The predicted octanol–water partition coefficient (Wildman–Crippen LogP) is 2.53. The van der Waals surface area contributed by atoms with Gasteiger partial charge in [0.05, 0.1) is 12.5 Å². The molecule has 19 heavy (non-hydrogen) atoms. The first-order chi connectivity index (χ1) is 8.97. The number of nitrogens with zero attached hydrogens (tertiary/aromatic N) is 1. The van der Waals surface area contributed by atoms with E-state index in [4.69, 9.17) is 0 Å². The fourth-order valence-corrected chi connectivity index (χ4v) is 2.88. The van der Waals surface area contributed by atoms with Crippen LogP contribution in [0.5, 0.6) is 0 Å². The van der Waals surface area contributed by atoms with Crippen molar-refractivity contribution in [1.82, 2.24) is 4.90 Å². The molecule has 2 rings (SSSR count). The molecule has 0 saturated carbocycles. The highest BCUT2D eigenvalue weighted by Crippen LogP contribution is 2.20. The first-order valence-electron chi connectivity index (χ1n) is 6.68. The molecule has 1 aromatic carbocycles. The van der Waals surface area contributed by atoms with Crippen molar-refractivity contribution >= 4 is 21.8 Å². The summed E-state index contributed by atoms with van der Waals surface area (Å²) in [5.74, 6) is 0.398. The van der Waals surface area contributed by atoms with Gasteiger partial charge in [0.2, 0.25) is 5.91 Å². The summed E-state index contributed by atoms with van der Waals surface area (Å²) >= 11 is 3.43. The van der Waals surface area contributed by atoms with Gasteiger partial charge in [0.15, 0.2) is 0 Å². The second kappa shape index (κ2) is 6.06. The smallest absolute Gasteiger partial charge is 0.227 e. The zero-order chi connectivity index (χ0) is 14.0. The molecular formula is C15H20BrNO2. The highest BCUT2D eigenvalue weighted by atomic mass is 79.9. The summed E-state index contributed by atoms with van der Waals surface area (Å²) in [6, 6.07) is 5.97. The third-order valence-corrected chi connectivity index (χ3v) is 4.41. The van der Waals surface area contributed by atoms with Crippen molar-refractivity contribution in [2.24, 2.45) is 5.92 Å². The Labute approximate surface area is 122 Å². The summed E-state index contributed by atoms with van der Waals surface area (Å²) in [7, 11) is 0. The summed E-state index contributed by atoms with van der Waals surface area (Å²) in [6.07, 6.45) is 0.913. The fourth-order valence-electron chi connectivity index (χ4n) is 2.41. The summed E-state index contributed by atoms with van der Waals surface area (Å²) in [4.78, 5) is 14.0. The molecule has 1 heterocycles. The molecule has 1 aromatic rings. The molecule has 1 aliphatic rings. The Balaban J connectivity index is 2.01. The standard InChI is InChI=1S/C15H20BrNO2/c1-10-5-6-17(9-14(10)18)15(19)8-12-3-4-13(16)7-11(12)2/h3-4,7,10,14,18H,5-6,8-9H2,1-2H3. The number of carbonyl (C=O) groups excluding carboxylic acids is 1. The number of hydrogen-bond donors (Lipinski definition) is 1. The summed E-state index contributed by atoms with van der Waals surface area (Å²) in [5, 5.41) is 9.85. The quantitative estimate of drug-likeness (QED) is 0.907. The van der Waals surface area contributed by atoms with Gasteiger partial charge in [-0.25, -0.2) is 0 Å². The molecular weight excluding hydrogens is 306 g/mol. The van der Waals surface area contributed by atoms with E-state index in [2.05, 4.69) is 15.9 Å². The average molecular weight is 326 g/mol. The SMILES string of the molecule is Cc1cc(Br)ccc1CC(=O)N1CCC(C)C(O)C1. The summed E-state index contributed by atoms with van der Waals surface area (Å²) < 4.78 is 1.03. The topological polar surface area (TPSA) is 40.5 Å². The number of aryl methyl sites for hydroxylation is 1. The lowest BCUT2D eigenvalue weighted by molar-refractivity contribution is -0.134. The van der Waals surface area contributed by atoms with E-state index in [0.29, 0.717) is 18.9 Å². The van der Waals surface area contributed by atoms with Crippen LogP contribution in [0, 0.1) is 12.8 Å². The number of amides is 1. The van der Waals surface area contributed by atoms with E-state index in [1.165, 1.54) is 0 Å². The van der Waals surface area contributed by atoms with Crippen LogP contribution < -0.4 is 0 Å². The second-order valence-electron chi connectivity index (χ2n) is 5.42. The van der Waals surface area contributed by atoms with E-state index in [0.717, 1.165) is 28.6 Å². The fraction of sp³-hybridized carbons (Fsp3) is 0.533. The Kier molecular flexibility index (Phi) is 4.63. The first-order valence-corrected chi connectivity index (χ1v) is 7.47. The van der Waals surface area contributed by atoms with Crippen LogP contribution in [0.2, 0.25) is 0 Å². The van der Waals surface area contributed by atoms with Gasteiger partial charge < -0.3 is 10.0 Å². The van der Waals surface area contributed by atoms with E-state index in [-0.39, 0.29) is 12.0 Å². The molecule has 1 aliphatic heterocycles. The number of aliphatic hydroxyl groups is 1. The molecule has 3 nitrogen and oxygen atoms in total. The molecule has 1 amide bonds. The first kappa shape index (κ1) is 14.5. The molecule has 1 N–H and O–H groups in total. The lowest BCUT2D eigenvalue weighted by Crippen LogP contribution is -2.46. The Morgan fingerprint density at radius 3 is 2.89 bits per heavy atom. The van der Waals surface area contributed by atoms with Gasteiger partial charge in [0.25, 0.3) is 0 Å². The summed E-state index contributed by atoms with van der Waals surface area (Å²) in [6.45, 7) is 5.27. The number of rotatable bonds is 2. The van der Waals surface area contributed by atoms with Gasteiger partial charge >= 0.3 is 0 Å². The van der Waals surface area contributed by atoms with Gasteiger partial charge in [-0.1, -0.05) is 28.9 Å². The van der Waals surface area contributed by atoms with Crippen LogP contribution in [0.4, 0.5) is 0 Å². The van der Waals surface area contributed by atoms with Gasteiger partial charge in [-0.05, 0) is 42.5 Å². The minimum absolute atomic E-state index is 0.108. The van der Waals surface area contributed by atoms with Gasteiger partial charge in [0.1, 0.15) is 0 Å². The molecule has 104 valence electrons. The van der Waals surface area contributed by atoms with Crippen LogP contribution in [-0.4, -0.2) is 35.1 Å². The molecule has 0 bridgehead atoms. The van der Waals surface area contributed by atoms with E-state index in [9.17, 15) is 9.90 Å². The van der Waals surface area contributed by atoms with Crippen LogP contribution in [0.3, 0.4) is 0 Å². The number of hydrogen-bond acceptors (Lipinski definition) is 2. The number of piperidine rings is 1. The molecule has 0 aromatic heterocycles. The zero-order valence-corrected chi connectivity index (χ0v) is 13.0. The van der Waals surface area contributed by atoms with Crippen molar-refractivity contribution in [3.63, 3.8) is 0 Å². The predicted molar refractivity (Wildman–Crippen MR) is 79.0 cm³/mol. The minimum Gasteiger partial charge on any atom is -0.391 e. The van der Waals surface area contributed by atoms with Crippen molar-refractivity contribution in [3.8, 4) is 0 Å². The Morgan fingerprint density at radius 1 is 1.53 bits per heavy atom. The van der Waals surface area contributed by atoms with Crippen LogP contribution in [-0.2, 0) is 11.2 Å². The average Bonchev–Trinajstić information content (AvgIpc) is 2.36. The maximum Gasteiger partial charge on any atom is 0.227 e. The largest absolute Gasteiger partial charge is 0.391 e. The lowest BCUT2D eigenvalue weighted by atomic mass is 9.95. The van der Waals surface area contributed by atoms with Crippen LogP contribution in [0.25, 0.3) is 0 Å². The molecule has 2 unspecified atom stereocenters.